The Hall–Kier alpha value is -2.29. The first-order valence-corrected chi connectivity index (χ1v) is 7.92. The third-order valence-electron chi connectivity index (χ3n) is 3.72. The van der Waals surface area contributed by atoms with Crippen molar-refractivity contribution in [2.24, 2.45) is 0 Å². The summed E-state index contributed by atoms with van der Waals surface area (Å²) in [5, 5.41) is 0. The molecule has 0 aromatic heterocycles. The Morgan fingerprint density at radius 2 is 1.87 bits per heavy atom. The zero-order chi connectivity index (χ0) is 17.2. The smallest absolute Gasteiger partial charge is 0.196 e. The van der Waals surface area contributed by atoms with Gasteiger partial charge in [0.1, 0.15) is 5.75 Å². The Balaban J connectivity index is 2.65. The van der Waals surface area contributed by atoms with Crippen LogP contribution in [0.2, 0.25) is 0 Å². The molecule has 0 atom stereocenters. The lowest BCUT2D eigenvalue weighted by Gasteiger charge is -2.25. The molecule has 0 spiro atoms. The quantitative estimate of drug-likeness (QED) is 0.668. The van der Waals surface area contributed by atoms with Gasteiger partial charge in [0.15, 0.2) is 5.78 Å². The molecule has 0 radical (unpaired) electrons. The molecular weight excluding hydrogens is 286 g/mol. The fourth-order valence-corrected chi connectivity index (χ4v) is 2.63. The Bertz CT molecular complexity index is 727. The summed E-state index contributed by atoms with van der Waals surface area (Å²) in [5.41, 5.74) is 9.56. The van der Waals surface area contributed by atoms with Crippen LogP contribution in [-0.4, -0.2) is 12.4 Å². The monoisotopic (exact) mass is 311 g/mol. The largest absolute Gasteiger partial charge is 0.493 e. The lowest BCUT2D eigenvalue weighted by atomic mass is 9.83. The number of ether oxygens (including phenoxy) is 1. The molecule has 0 bridgehead atoms. The van der Waals surface area contributed by atoms with Crippen molar-refractivity contribution in [2.45, 2.75) is 40.0 Å². The van der Waals surface area contributed by atoms with Crippen LogP contribution < -0.4 is 10.5 Å². The first-order chi connectivity index (χ1) is 10.7. The van der Waals surface area contributed by atoms with Crippen LogP contribution in [0.1, 0.15) is 54.7 Å². The van der Waals surface area contributed by atoms with Crippen LogP contribution in [0.25, 0.3) is 0 Å². The highest BCUT2D eigenvalue weighted by atomic mass is 16.5. The van der Waals surface area contributed by atoms with Crippen molar-refractivity contribution in [3.63, 3.8) is 0 Å². The predicted octanol–water partition coefficient (Wildman–Crippen LogP) is 4.50. The van der Waals surface area contributed by atoms with Gasteiger partial charge >= 0.3 is 0 Å². The lowest BCUT2D eigenvalue weighted by Crippen LogP contribution is -2.17. The summed E-state index contributed by atoms with van der Waals surface area (Å²) in [6.45, 7) is 10.8. The number of carbonyl (C=O) groups excluding carboxylic acids is 1. The summed E-state index contributed by atoms with van der Waals surface area (Å²) in [7, 11) is 0. The number of hydrogen-bond donors (Lipinski definition) is 1. The Kier molecular flexibility index (Phi) is 4.79. The maximum atomic E-state index is 13.0. The van der Waals surface area contributed by atoms with E-state index in [4.69, 9.17) is 10.5 Å². The Labute approximate surface area is 138 Å². The van der Waals surface area contributed by atoms with Crippen molar-refractivity contribution < 1.29 is 9.53 Å². The molecule has 0 fully saturated rings. The number of hydrogen-bond acceptors (Lipinski definition) is 3. The van der Waals surface area contributed by atoms with Gasteiger partial charge in [0.25, 0.3) is 0 Å². The molecule has 0 amide bonds. The van der Waals surface area contributed by atoms with Gasteiger partial charge in [-0.2, -0.15) is 0 Å². The summed E-state index contributed by atoms with van der Waals surface area (Å²) < 4.78 is 5.87. The minimum Gasteiger partial charge on any atom is -0.493 e. The molecule has 2 aromatic rings. The zero-order valence-corrected chi connectivity index (χ0v) is 14.6. The first kappa shape index (κ1) is 17.1. The van der Waals surface area contributed by atoms with Crippen LogP contribution in [-0.2, 0) is 5.41 Å². The second kappa shape index (κ2) is 6.45. The van der Waals surface area contributed by atoms with Crippen LogP contribution in [0.5, 0.6) is 5.75 Å². The van der Waals surface area contributed by atoms with Gasteiger partial charge < -0.3 is 10.5 Å². The molecule has 2 rings (SSSR count). The van der Waals surface area contributed by atoms with Crippen LogP contribution in [0, 0.1) is 6.92 Å². The van der Waals surface area contributed by atoms with Crippen molar-refractivity contribution in [1.29, 1.82) is 0 Å². The Morgan fingerprint density at radius 3 is 2.43 bits per heavy atom. The summed E-state index contributed by atoms with van der Waals surface area (Å²) in [5.74, 6) is 0.618. The number of rotatable bonds is 4. The second-order valence-electron chi connectivity index (χ2n) is 6.83. The van der Waals surface area contributed by atoms with Gasteiger partial charge in [-0.3, -0.25) is 4.79 Å². The van der Waals surface area contributed by atoms with Crippen molar-refractivity contribution in [2.75, 3.05) is 12.3 Å². The second-order valence-corrected chi connectivity index (χ2v) is 6.83. The van der Waals surface area contributed by atoms with Gasteiger partial charge in [0.2, 0.25) is 0 Å². The van der Waals surface area contributed by atoms with E-state index in [0.717, 1.165) is 11.1 Å². The van der Waals surface area contributed by atoms with Gasteiger partial charge in [-0.05, 0) is 43.0 Å². The van der Waals surface area contributed by atoms with E-state index >= 15 is 0 Å². The van der Waals surface area contributed by atoms with Crippen LogP contribution in [0.3, 0.4) is 0 Å². The minimum atomic E-state index is -0.110. The highest BCUT2D eigenvalue weighted by molar-refractivity contribution is 6.11. The molecule has 3 nitrogen and oxygen atoms in total. The number of anilines is 1. The molecule has 0 heterocycles. The van der Waals surface area contributed by atoms with Gasteiger partial charge in [0, 0.05) is 16.8 Å². The number of ketones is 1. The highest BCUT2D eigenvalue weighted by Crippen LogP contribution is 2.36. The normalized spacial score (nSPS) is 11.3. The van der Waals surface area contributed by atoms with Crippen LogP contribution in [0.4, 0.5) is 5.69 Å². The molecule has 0 unspecified atom stereocenters. The topological polar surface area (TPSA) is 52.3 Å². The molecule has 0 aliphatic heterocycles. The van der Waals surface area contributed by atoms with Gasteiger partial charge in [-0.1, -0.05) is 39.0 Å². The number of carbonyl (C=O) groups is 1. The van der Waals surface area contributed by atoms with Gasteiger partial charge in [-0.15, -0.1) is 0 Å². The summed E-state index contributed by atoms with van der Waals surface area (Å²) in [6.07, 6.45) is 0. The predicted molar refractivity (Wildman–Crippen MR) is 95.3 cm³/mol. The zero-order valence-electron chi connectivity index (χ0n) is 14.6. The molecule has 3 heteroatoms. The van der Waals surface area contributed by atoms with E-state index in [2.05, 4.69) is 26.8 Å². The van der Waals surface area contributed by atoms with E-state index in [-0.39, 0.29) is 11.2 Å². The number of aryl methyl sites for hydroxylation is 1. The van der Waals surface area contributed by atoms with E-state index in [1.54, 1.807) is 24.3 Å². The molecule has 2 aromatic carbocycles. The number of benzene rings is 2. The molecule has 2 N–H and O–H groups in total. The van der Waals surface area contributed by atoms with Crippen molar-refractivity contribution in [3.05, 3.63) is 58.7 Å². The fourth-order valence-electron chi connectivity index (χ4n) is 2.63. The summed E-state index contributed by atoms with van der Waals surface area (Å²) in [6, 6.07) is 11.1. The van der Waals surface area contributed by atoms with Gasteiger partial charge in [-0.25, -0.2) is 0 Å². The summed E-state index contributed by atoms with van der Waals surface area (Å²) >= 11 is 0. The molecule has 23 heavy (non-hydrogen) atoms. The fraction of sp³-hybridized carbons (Fsp3) is 0.350. The van der Waals surface area contributed by atoms with E-state index in [1.165, 1.54) is 0 Å². The average molecular weight is 311 g/mol. The van der Waals surface area contributed by atoms with Gasteiger partial charge in [0.05, 0.1) is 12.2 Å². The SMILES string of the molecule is CCOc1c(C(=O)c2cccc(N)c2)cc(C)cc1C(C)(C)C. The maximum Gasteiger partial charge on any atom is 0.196 e. The highest BCUT2D eigenvalue weighted by Gasteiger charge is 2.25. The van der Waals surface area contributed by atoms with E-state index in [0.29, 0.717) is 29.2 Å². The lowest BCUT2D eigenvalue weighted by molar-refractivity contribution is 0.103. The maximum absolute atomic E-state index is 13.0. The Morgan fingerprint density at radius 1 is 1.17 bits per heavy atom. The third kappa shape index (κ3) is 3.73. The van der Waals surface area contributed by atoms with Crippen molar-refractivity contribution >= 4 is 11.5 Å². The van der Waals surface area contributed by atoms with Crippen molar-refractivity contribution in [3.8, 4) is 5.75 Å². The standard InChI is InChI=1S/C20H25NO2/c1-6-23-19-16(10-13(2)11-17(19)20(3,4)5)18(22)14-8-7-9-15(21)12-14/h7-12H,6,21H2,1-5H3. The van der Waals surface area contributed by atoms with E-state index in [1.807, 2.05) is 19.9 Å². The van der Waals surface area contributed by atoms with Crippen LogP contribution >= 0.6 is 0 Å². The van der Waals surface area contributed by atoms with Crippen molar-refractivity contribution in [1.82, 2.24) is 0 Å². The third-order valence-corrected chi connectivity index (χ3v) is 3.72. The molecule has 122 valence electrons. The molecular formula is C20H25NO2. The molecule has 0 saturated heterocycles. The molecule has 0 saturated carbocycles. The number of nitrogen functional groups attached to an aromatic ring is 1. The average Bonchev–Trinajstić information content (AvgIpc) is 2.47. The number of nitrogens with two attached hydrogens (primary N) is 1. The molecule has 0 aliphatic rings. The summed E-state index contributed by atoms with van der Waals surface area (Å²) in [4.78, 5) is 13.0. The van der Waals surface area contributed by atoms with E-state index < -0.39 is 0 Å². The minimum absolute atomic E-state index is 0.0602. The first-order valence-electron chi connectivity index (χ1n) is 7.92. The van der Waals surface area contributed by atoms with Crippen LogP contribution in [0.15, 0.2) is 36.4 Å². The molecule has 0 aliphatic carbocycles. The van der Waals surface area contributed by atoms with E-state index in [9.17, 15) is 4.79 Å².